The number of guanidine groups is 1. The standard InChI is InChI=1S/C22H35N3O3/c1-3-23-21(25-17-22(11-14-26-2)9-4-5-10-22)24-16-18-7-8-19-20(15-18)28-13-6-12-27-19/h7-8,15H,3-6,9-14,16-17H2,1-2H3,(H2,23,24,25). The van der Waals surface area contributed by atoms with Gasteiger partial charge in [0.25, 0.3) is 0 Å². The van der Waals surface area contributed by atoms with Gasteiger partial charge in [0.05, 0.1) is 19.8 Å². The first-order valence-corrected chi connectivity index (χ1v) is 10.6. The Labute approximate surface area is 169 Å². The molecule has 0 bridgehead atoms. The van der Waals surface area contributed by atoms with Gasteiger partial charge in [0.15, 0.2) is 17.5 Å². The van der Waals surface area contributed by atoms with Gasteiger partial charge in [-0.1, -0.05) is 18.9 Å². The van der Waals surface area contributed by atoms with Gasteiger partial charge in [-0.2, -0.15) is 0 Å². The molecule has 28 heavy (non-hydrogen) atoms. The van der Waals surface area contributed by atoms with E-state index in [0.717, 1.165) is 55.6 Å². The van der Waals surface area contributed by atoms with E-state index in [1.165, 1.54) is 25.7 Å². The SMILES string of the molecule is CCNC(=NCc1ccc2c(c1)OCCCO2)NCC1(CCOC)CCCC1. The molecule has 1 heterocycles. The van der Waals surface area contributed by atoms with Gasteiger partial charge < -0.3 is 24.8 Å². The quantitative estimate of drug-likeness (QED) is 0.526. The first-order chi connectivity index (χ1) is 13.7. The Kier molecular flexibility index (Phi) is 7.83. The van der Waals surface area contributed by atoms with E-state index >= 15 is 0 Å². The molecule has 0 unspecified atom stereocenters. The van der Waals surface area contributed by atoms with Crippen LogP contribution in [0.2, 0.25) is 0 Å². The summed E-state index contributed by atoms with van der Waals surface area (Å²) in [6.45, 7) is 6.74. The molecule has 2 aliphatic rings. The number of aliphatic imine (C=N–C) groups is 1. The number of nitrogens with zero attached hydrogens (tertiary/aromatic N) is 1. The molecule has 6 nitrogen and oxygen atoms in total. The van der Waals surface area contributed by atoms with Crippen molar-refractivity contribution in [3.63, 3.8) is 0 Å². The van der Waals surface area contributed by atoms with Gasteiger partial charge in [0, 0.05) is 33.2 Å². The predicted molar refractivity (Wildman–Crippen MR) is 112 cm³/mol. The van der Waals surface area contributed by atoms with Crippen molar-refractivity contribution < 1.29 is 14.2 Å². The molecule has 2 N–H and O–H groups in total. The first-order valence-electron chi connectivity index (χ1n) is 10.6. The first kappa shape index (κ1) is 20.8. The number of methoxy groups -OCH3 is 1. The van der Waals surface area contributed by atoms with Crippen molar-refractivity contribution in [3.05, 3.63) is 23.8 Å². The van der Waals surface area contributed by atoms with Crippen molar-refractivity contribution in [2.45, 2.75) is 52.0 Å². The van der Waals surface area contributed by atoms with Crippen molar-refractivity contribution >= 4 is 5.96 Å². The zero-order valence-corrected chi connectivity index (χ0v) is 17.4. The summed E-state index contributed by atoms with van der Waals surface area (Å²) < 4.78 is 16.9. The van der Waals surface area contributed by atoms with E-state index < -0.39 is 0 Å². The smallest absolute Gasteiger partial charge is 0.191 e. The van der Waals surface area contributed by atoms with E-state index in [0.29, 0.717) is 25.2 Å². The number of benzene rings is 1. The van der Waals surface area contributed by atoms with Gasteiger partial charge in [0.2, 0.25) is 0 Å². The molecular weight excluding hydrogens is 354 g/mol. The summed E-state index contributed by atoms with van der Waals surface area (Å²) >= 11 is 0. The molecule has 1 aromatic rings. The lowest BCUT2D eigenvalue weighted by Gasteiger charge is -2.30. The van der Waals surface area contributed by atoms with Crippen LogP contribution in [0.3, 0.4) is 0 Å². The maximum atomic E-state index is 5.79. The van der Waals surface area contributed by atoms with E-state index in [1.807, 2.05) is 12.1 Å². The summed E-state index contributed by atoms with van der Waals surface area (Å²) in [5, 5.41) is 6.96. The molecule has 0 atom stereocenters. The Balaban J connectivity index is 1.61. The highest BCUT2D eigenvalue weighted by Crippen LogP contribution is 2.40. The molecule has 0 spiro atoms. The Hall–Kier alpha value is -1.95. The number of ether oxygens (including phenoxy) is 3. The summed E-state index contributed by atoms with van der Waals surface area (Å²) in [5.74, 6) is 2.53. The molecule has 156 valence electrons. The Bertz CT molecular complexity index is 642. The van der Waals surface area contributed by atoms with Gasteiger partial charge in [-0.3, -0.25) is 0 Å². The van der Waals surface area contributed by atoms with E-state index in [-0.39, 0.29) is 0 Å². The van der Waals surface area contributed by atoms with Crippen LogP contribution in [0.15, 0.2) is 23.2 Å². The fourth-order valence-electron chi connectivity index (χ4n) is 4.05. The molecule has 1 aliphatic heterocycles. The zero-order chi connectivity index (χ0) is 19.7. The molecular formula is C22H35N3O3. The van der Waals surface area contributed by atoms with Crippen LogP contribution in [-0.2, 0) is 11.3 Å². The third kappa shape index (κ3) is 5.77. The molecule has 6 heteroatoms. The number of hydrogen-bond acceptors (Lipinski definition) is 4. The molecule has 1 saturated carbocycles. The Morgan fingerprint density at radius 3 is 2.64 bits per heavy atom. The number of hydrogen-bond donors (Lipinski definition) is 2. The molecule has 1 fully saturated rings. The number of fused-ring (bicyclic) bond motifs is 1. The van der Waals surface area contributed by atoms with Crippen LogP contribution in [0.25, 0.3) is 0 Å². The number of rotatable bonds is 8. The molecule has 1 aromatic carbocycles. The molecule has 0 radical (unpaired) electrons. The highest BCUT2D eigenvalue weighted by atomic mass is 16.5. The van der Waals surface area contributed by atoms with E-state index in [4.69, 9.17) is 19.2 Å². The zero-order valence-electron chi connectivity index (χ0n) is 17.4. The minimum atomic E-state index is 0.335. The van der Waals surface area contributed by atoms with E-state index in [9.17, 15) is 0 Å². The second-order valence-electron chi connectivity index (χ2n) is 7.83. The molecule has 3 rings (SSSR count). The minimum Gasteiger partial charge on any atom is -0.490 e. The lowest BCUT2D eigenvalue weighted by atomic mass is 9.83. The summed E-state index contributed by atoms with van der Waals surface area (Å²) in [5.41, 5.74) is 1.46. The molecule has 0 aromatic heterocycles. The third-order valence-electron chi connectivity index (χ3n) is 5.71. The van der Waals surface area contributed by atoms with Crippen LogP contribution in [0.5, 0.6) is 11.5 Å². The van der Waals surface area contributed by atoms with E-state index in [2.05, 4.69) is 23.6 Å². The molecule has 0 saturated heterocycles. The van der Waals surface area contributed by atoms with Crippen molar-refractivity contribution in [2.75, 3.05) is 40.0 Å². The average Bonchev–Trinajstić information content (AvgIpc) is 3.06. The third-order valence-corrected chi connectivity index (χ3v) is 5.71. The summed E-state index contributed by atoms with van der Waals surface area (Å²) in [6, 6.07) is 6.10. The van der Waals surface area contributed by atoms with Crippen molar-refractivity contribution in [1.82, 2.24) is 10.6 Å². The lowest BCUT2D eigenvalue weighted by Crippen LogP contribution is -2.43. The van der Waals surface area contributed by atoms with Crippen LogP contribution in [0, 0.1) is 5.41 Å². The van der Waals surface area contributed by atoms with Crippen LogP contribution in [-0.4, -0.2) is 46.0 Å². The topological polar surface area (TPSA) is 64.1 Å². The summed E-state index contributed by atoms with van der Waals surface area (Å²) in [4.78, 5) is 4.80. The van der Waals surface area contributed by atoms with Crippen molar-refractivity contribution in [2.24, 2.45) is 10.4 Å². The maximum Gasteiger partial charge on any atom is 0.191 e. The van der Waals surface area contributed by atoms with Gasteiger partial charge >= 0.3 is 0 Å². The second-order valence-corrected chi connectivity index (χ2v) is 7.83. The maximum absolute atomic E-state index is 5.79. The van der Waals surface area contributed by atoms with Crippen molar-refractivity contribution in [1.29, 1.82) is 0 Å². The Morgan fingerprint density at radius 2 is 1.89 bits per heavy atom. The Morgan fingerprint density at radius 1 is 1.11 bits per heavy atom. The average molecular weight is 390 g/mol. The van der Waals surface area contributed by atoms with Gasteiger partial charge in [-0.05, 0) is 49.3 Å². The van der Waals surface area contributed by atoms with Crippen LogP contribution >= 0.6 is 0 Å². The van der Waals surface area contributed by atoms with E-state index in [1.54, 1.807) is 7.11 Å². The summed E-state index contributed by atoms with van der Waals surface area (Å²) in [7, 11) is 1.79. The van der Waals surface area contributed by atoms with Crippen LogP contribution in [0.1, 0.15) is 51.0 Å². The lowest BCUT2D eigenvalue weighted by molar-refractivity contribution is 0.138. The van der Waals surface area contributed by atoms with Crippen LogP contribution < -0.4 is 20.1 Å². The minimum absolute atomic E-state index is 0.335. The number of nitrogens with one attached hydrogen (secondary N) is 2. The predicted octanol–water partition coefficient (Wildman–Crippen LogP) is 3.50. The fourth-order valence-corrected chi connectivity index (χ4v) is 4.05. The normalized spacial score (nSPS) is 18.6. The summed E-state index contributed by atoms with van der Waals surface area (Å²) in [6.07, 6.45) is 7.20. The van der Waals surface area contributed by atoms with Gasteiger partial charge in [-0.15, -0.1) is 0 Å². The van der Waals surface area contributed by atoms with Crippen molar-refractivity contribution in [3.8, 4) is 11.5 Å². The van der Waals surface area contributed by atoms with Crippen LogP contribution in [0.4, 0.5) is 0 Å². The largest absolute Gasteiger partial charge is 0.490 e. The highest BCUT2D eigenvalue weighted by molar-refractivity contribution is 5.79. The monoisotopic (exact) mass is 389 g/mol. The fraction of sp³-hybridized carbons (Fsp3) is 0.682. The van der Waals surface area contributed by atoms with Gasteiger partial charge in [-0.25, -0.2) is 4.99 Å². The highest BCUT2D eigenvalue weighted by Gasteiger charge is 2.33. The second kappa shape index (κ2) is 10.6. The van der Waals surface area contributed by atoms with Gasteiger partial charge in [0.1, 0.15) is 0 Å². The molecule has 0 amide bonds. The molecule has 1 aliphatic carbocycles.